The lowest BCUT2D eigenvalue weighted by Gasteiger charge is -2.20. The normalized spacial score (nSPS) is 18.9. The second kappa shape index (κ2) is 5.22. The van der Waals surface area contributed by atoms with E-state index in [-0.39, 0.29) is 18.0 Å². The average molecular weight is 348 g/mol. The minimum atomic E-state index is -3.63. The van der Waals surface area contributed by atoms with Crippen molar-refractivity contribution in [2.24, 2.45) is 0 Å². The summed E-state index contributed by atoms with van der Waals surface area (Å²) in [6, 6.07) is 4.26. The average Bonchev–Trinajstić information content (AvgIpc) is 2.61. The van der Waals surface area contributed by atoms with Crippen LogP contribution in [0.3, 0.4) is 0 Å². The Morgan fingerprint density at radius 1 is 1.53 bits per heavy atom. The fourth-order valence-electron chi connectivity index (χ4n) is 2.00. The Balaban J connectivity index is 2.36. The third-order valence-electron chi connectivity index (χ3n) is 3.00. The van der Waals surface area contributed by atoms with Crippen molar-refractivity contribution in [3.05, 3.63) is 28.2 Å². The second-order valence-corrected chi connectivity index (χ2v) is 7.00. The summed E-state index contributed by atoms with van der Waals surface area (Å²) in [4.78, 5) is 11.9. The predicted molar refractivity (Wildman–Crippen MR) is 73.0 cm³/mol. The van der Waals surface area contributed by atoms with Crippen LogP contribution in [0.15, 0.2) is 27.6 Å². The molecule has 1 aliphatic rings. The van der Waals surface area contributed by atoms with Gasteiger partial charge in [-0.1, -0.05) is 22.0 Å². The zero-order valence-electron chi connectivity index (χ0n) is 10.6. The third kappa shape index (κ3) is 2.54. The minimum Gasteiger partial charge on any atom is -0.465 e. The van der Waals surface area contributed by atoms with Crippen molar-refractivity contribution in [3.8, 4) is 0 Å². The number of esters is 1. The van der Waals surface area contributed by atoms with Gasteiger partial charge in [0.05, 0.1) is 11.5 Å². The van der Waals surface area contributed by atoms with Crippen molar-refractivity contribution in [2.75, 3.05) is 6.61 Å². The minimum absolute atomic E-state index is 0.199. The molecule has 5 nitrogen and oxygen atoms in total. The number of hydrogen-bond donors (Lipinski definition) is 0. The number of halogens is 1. The molecule has 19 heavy (non-hydrogen) atoms. The fourth-order valence-corrected chi connectivity index (χ4v) is 4.32. The van der Waals surface area contributed by atoms with Gasteiger partial charge in [0, 0.05) is 11.0 Å². The van der Waals surface area contributed by atoms with E-state index in [2.05, 4.69) is 15.9 Å². The van der Waals surface area contributed by atoms with Crippen LogP contribution in [-0.4, -0.2) is 31.3 Å². The molecule has 0 saturated carbocycles. The molecule has 0 saturated heterocycles. The lowest BCUT2D eigenvalue weighted by Crippen LogP contribution is -2.40. The molecule has 2 rings (SSSR count). The first-order valence-corrected chi connectivity index (χ1v) is 8.08. The summed E-state index contributed by atoms with van der Waals surface area (Å²) in [5.41, 5.74) is 0.694. The molecule has 0 radical (unpaired) electrons. The van der Waals surface area contributed by atoms with Crippen LogP contribution < -0.4 is 0 Å². The van der Waals surface area contributed by atoms with E-state index < -0.39 is 22.0 Å². The van der Waals surface area contributed by atoms with Crippen LogP contribution >= 0.6 is 15.9 Å². The Morgan fingerprint density at radius 2 is 2.21 bits per heavy atom. The third-order valence-corrected chi connectivity index (χ3v) is 5.49. The number of rotatable bonds is 3. The number of hydrogen-bond acceptors (Lipinski definition) is 4. The van der Waals surface area contributed by atoms with E-state index in [1.54, 1.807) is 25.1 Å². The SMILES string of the molecule is CCOC(=O)[C@@H](C)N1Cc2ccc(Br)cc2S1(=O)=O. The van der Waals surface area contributed by atoms with Crippen molar-refractivity contribution in [1.29, 1.82) is 0 Å². The first-order chi connectivity index (χ1) is 8.87. The van der Waals surface area contributed by atoms with Crippen LogP contribution in [0.5, 0.6) is 0 Å². The molecule has 0 fully saturated rings. The number of carbonyl (C=O) groups excluding carboxylic acids is 1. The van der Waals surface area contributed by atoms with Crippen LogP contribution in [0.25, 0.3) is 0 Å². The molecule has 104 valence electrons. The van der Waals surface area contributed by atoms with E-state index in [1.807, 2.05) is 0 Å². The molecule has 0 spiro atoms. The highest BCUT2D eigenvalue weighted by Crippen LogP contribution is 2.33. The van der Waals surface area contributed by atoms with Gasteiger partial charge < -0.3 is 4.74 Å². The highest BCUT2D eigenvalue weighted by molar-refractivity contribution is 9.10. The van der Waals surface area contributed by atoms with Crippen molar-refractivity contribution in [2.45, 2.75) is 31.3 Å². The zero-order valence-corrected chi connectivity index (χ0v) is 13.0. The van der Waals surface area contributed by atoms with E-state index in [0.717, 1.165) is 0 Å². The molecule has 1 aliphatic heterocycles. The molecule has 0 bridgehead atoms. The van der Waals surface area contributed by atoms with Gasteiger partial charge in [-0.2, -0.15) is 4.31 Å². The van der Waals surface area contributed by atoms with Gasteiger partial charge >= 0.3 is 5.97 Å². The van der Waals surface area contributed by atoms with Crippen molar-refractivity contribution in [1.82, 2.24) is 4.31 Å². The van der Waals surface area contributed by atoms with E-state index in [1.165, 1.54) is 11.2 Å². The van der Waals surface area contributed by atoms with E-state index in [0.29, 0.717) is 10.0 Å². The van der Waals surface area contributed by atoms with E-state index >= 15 is 0 Å². The van der Waals surface area contributed by atoms with Crippen molar-refractivity contribution < 1.29 is 17.9 Å². The maximum absolute atomic E-state index is 12.4. The maximum Gasteiger partial charge on any atom is 0.324 e. The van der Waals surface area contributed by atoms with Crippen molar-refractivity contribution in [3.63, 3.8) is 0 Å². The smallest absolute Gasteiger partial charge is 0.324 e. The molecule has 1 heterocycles. The lowest BCUT2D eigenvalue weighted by atomic mass is 10.2. The van der Waals surface area contributed by atoms with Gasteiger partial charge in [-0.25, -0.2) is 8.42 Å². The van der Waals surface area contributed by atoms with Crippen LogP contribution in [-0.2, 0) is 26.1 Å². The van der Waals surface area contributed by atoms with Gasteiger partial charge in [-0.3, -0.25) is 4.79 Å². The topological polar surface area (TPSA) is 63.7 Å². The Labute approximate surface area is 120 Å². The Hall–Kier alpha value is -0.920. The highest BCUT2D eigenvalue weighted by Gasteiger charge is 2.40. The van der Waals surface area contributed by atoms with Gasteiger partial charge in [0.15, 0.2) is 0 Å². The zero-order chi connectivity index (χ0) is 14.2. The van der Waals surface area contributed by atoms with Gasteiger partial charge in [0.2, 0.25) is 10.0 Å². The summed E-state index contributed by atoms with van der Waals surface area (Å²) in [7, 11) is -3.63. The molecule has 0 unspecified atom stereocenters. The molecule has 0 N–H and O–H groups in total. The first kappa shape index (κ1) is 14.5. The molecule has 0 aromatic heterocycles. The predicted octanol–water partition coefficient (Wildman–Crippen LogP) is 1.91. The van der Waals surface area contributed by atoms with Gasteiger partial charge in [0.25, 0.3) is 0 Å². The van der Waals surface area contributed by atoms with Gasteiger partial charge in [0.1, 0.15) is 6.04 Å². The number of ether oxygens (including phenoxy) is 1. The van der Waals surface area contributed by atoms with Crippen LogP contribution in [0.1, 0.15) is 19.4 Å². The summed E-state index contributed by atoms with van der Waals surface area (Å²) in [5.74, 6) is -0.530. The highest BCUT2D eigenvalue weighted by atomic mass is 79.9. The number of sulfonamides is 1. The number of carbonyl (C=O) groups is 1. The van der Waals surface area contributed by atoms with E-state index in [9.17, 15) is 13.2 Å². The van der Waals surface area contributed by atoms with Crippen LogP contribution in [0.2, 0.25) is 0 Å². The molecule has 1 atom stereocenters. The molecular formula is C12H14BrNO4S. The first-order valence-electron chi connectivity index (χ1n) is 5.85. The maximum atomic E-state index is 12.4. The number of fused-ring (bicyclic) bond motifs is 1. The monoisotopic (exact) mass is 347 g/mol. The summed E-state index contributed by atoms with van der Waals surface area (Å²) >= 11 is 3.25. The summed E-state index contributed by atoms with van der Waals surface area (Å²) in [6.45, 7) is 3.66. The fraction of sp³-hybridized carbons (Fsp3) is 0.417. The van der Waals surface area contributed by atoms with Gasteiger partial charge in [-0.15, -0.1) is 0 Å². The molecular weight excluding hydrogens is 334 g/mol. The summed E-state index contributed by atoms with van der Waals surface area (Å²) < 4.78 is 31.5. The number of benzene rings is 1. The molecule has 0 aliphatic carbocycles. The summed E-state index contributed by atoms with van der Waals surface area (Å²) in [6.07, 6.45) is 0. The van der Waals surface area contributed by atoms with Crippen LogP contribution in [0, 0.1) is 0 Å². The van der Waals surface area contributed by atoms with E-state index in [4.69, 9.17) is 4.74 Å². The quantitative estimate of drug-likeness (QED) is 0.783. The Kier molecular flexibility index (Phi) is 3.98. The standard InChI is InChI=1S/C12H14BrNO4S/c1-3-18-12(15)8(2)14-7-9-4-5-10(13)6-11(9)19(14,16)17/h4-6,8H,3,7H2,1-2H3/t8-/m1/s1. The second-order valence-electron chi connectivity index (χ2n) is 4.23. The lowest BCUT2D eigenvalue weighted by molar-refractivity contribution is -0.147. The Bertz CT molecular complexity index is 614. The largest absolute Gasteiger partial charge is 0.465 e. The summed E-state index contributed by atoms with van der Waals surface area (Å²) in [5, 5.41) is 0. The Morgan fingerprint density at radius 3 is 2.84 bits per heavy atom. The van der Waals surface area contributed by atoms with Crippen molar-refractivity contribution >= 4 is 31.9 Å². The number of nitrogens with zero attached hydrogens (tertiary/aromatic N) is 1. The van der Waals surface area contributed by atoms with Crippen LogP contribution in [0.4, 0.5) is 0 Å². The van der Waals surface area contributed by atoms with Gasteiger partial charge in [-0.05, 0) is 31.5 Å². The molecule has 0 amide bonds. The molecule has 1 aromatic carbocycles. The molecule has 1 aromatic rings. The molecule has 7 heteroatoms.